The molecule has 1 heterocycles. The fourth-order valence-electron chi connectivity index (χ4n) is 3.59. The molecule has 1 atom stereocenters. The van der Waals surface area contributed by atoms with E-state index in [2.05, 4.69) is 33.4 Å². The van der Waals surface area contributed by atoms with E-state index in [1.807, 2.05) is 36.4 Å². The van der Waals surface area contributed by atoms with Crippen molar-refractivity contribution >= 4 is 21.8 Å². The summed E-state index contributed by atoms with van der Waals surface area (Å²) in [6, 6.07) is 16.0. The van der Waals surface area contributed by atoms with E-state index < -0.39 is 0 Å². The molecule has 0 unspecified atom stereocenters. The summed E-state index contributed by atoms with van der Waals surface area (Å²) in [5, 5.41) is 3.14. The van der Waals surface area contributed by atoms with Gasteiger partial charge in [-0.1, -0.05) is 15.9 Å². The molecule has 0 aromatic heterocycles. The minimum absolute atomic E-state index is 0.0209. The molecule has 3 rings (SSSR count). The van der Waals surface area contributed by atoms with Gasteiger partial charge in [0.25, 0.3) is 5.91 Å². The van der Waals surface area contributed by atoms with Crippen LogP contribution in [0.3, 0.4) is 0 Å². The third-order valence-electron chi connectivity index (χ3n) is 5.08. The Hall–Kier alpha value is -1.85. The number of quaternary nitrogens is 1. The molecule has 1 fully saturated rings. The molecule has 0 saturated carbocycles. The number of amides is 1. The molecule has 5 heteroatoms. The number of carbonyl (C=O) groups is 1. The van der Waals surface area contributed by atoms with Crippen LogP contribution in [0.5, 0.6) is 5.75 Å². The van der Waals surface area contributed by atoms with Gasteiger partial charge in [0.1, 0.15) is 11.8 Å². The second-order valence-electron chi connectivity index (χ2n) is 6.76. The van der Waals surface area contributed by atoms with Crippen LogP contribution in [0.1, 0.15) is 41.2 Å². The van der Waals surface area contributed by atoms with Crippen LogP contribution in [0.4, 0.5) is 0 Å². The zero-order valence-electron chi connectivity index (χ0n) is 15.1. The van der Waals surface area contributed by atoms with Crippen molar-refractivity contribution in [2.45, 2.75) is 25.3 Å². The Kier molecular flexibility index (Phi) is 6.69. The van der Waals surface area contributed by atoms with Gasteiger partial charge in [-0.05, 0) is 67.8 Å². The highest BCUT2D eigenvalue weighted by molar-refractivity contribution is 9.10. The second-order valence-corrected chi connectivity index (χ2v) is 7.68. The maximum Gasteiger partial charge on any atom is 0.251 e. The molecular formula is C21H26BrN2O2+. The van der Waals surface area contributed by atoms with E-state index in [1.165, 1.54) is 24.8 Å². The van der Waals surface area contributed by atoms with Crippen molar-refractivity contribution in [3.63, 3.8) is 0 Å². The van der Waals surface area contributed by atoms with E-state index in [0.717, 1.165) is 23.3 Å². The Morgan fingerprint density at radius 2 is 1.73 bits per heavy atom. The fraction of sp³-hybridized carbons (Fsp3) is 0.381. The summed E-state index contributed by atoms with van der Waals surface area (Å²) in [6.07, 6.45) is 3.81. The number of hydrogen-bond acceptors (Lipinski definition) is 2. The highest BCUT2D eigenvalue weighted by Crippen LogP contribution is 2.17. The van der Waals surface area contributed by atoms with Crippen LogP contribution in [-0.4, -0.2) is 32.7 Å². The van der Waals surface area contributed by atoms with Crippen LogP contribution >= 0.6 is 15.9 Å². The number of methoxy groups -OCH3 is 1. The van der Waals surface area contributed by atoms with E-state index in [-0.39, 0.29) is 11.9 Å². The van der Waals surface area contributed by atoms with Gasteiger partial charge in [-0.3, -0.25) is 4.79 Å². The Bertz CT molecular complexity index is 710. The van der Waals surface area contributed by atoms with Gasteiger partial charge in [0.05, 0.1) is 26.7 Å². The predicted octanol–water partition coefficient (Wildman–Crippen LogP) is 3.00. The normalized spacial score (nSPS) is 16.1. The number of likely N-dealkylation sites (tertiary alicyclic amines) is 1. The predicted molar refractivity (Wildman–Crippen MR) is 107 cm³/mol. The first-order chi connectivity index (χ1) is 12.7. The van der Waals surface area contributed by atoms with Crippen LogP contribution < -0.4 is 15.0 Å². The third-order valence-corrected chi connectivity index (χ3v) is 5.61. The smallest absolute Gasteiger partial charge is 0.251 e. The van der Waals surface area contributed by atoms with Crippen molar-refractivity contribution in [2.24, 2.45) is 0 Å². The van der Waals surface area contributed by atoms with E-state index in [0.29, 0.717) is 12.1 Å². The number of hydrogen-bond donors (Lipinski definition) is 2. The second kappa shape index (κ2) is 9.19. The van der Waals surface area contributed by atoms with Crippen molar-refractivity contribution in [1.82, 2.24) is 5.32 Å². The summed E-state index contributed by atoms with van der Waals surface area (Å²) in [5.74, 6) is 0.840. The van der Waals surface area contributed by atoms with Crippen LogP contribution in [0, 0.1) is 0 Å². The lowest BCUT2D eigenvalue weighted by Gasteiger charge is -2.32. The molecule has 1 aliphatic rings. The monoisotopic (exact) mass is 417 g/mol. The highest BCUT2D eigenvalue weighted by atomic mass is 79.9. The van der Waals surface area contributed by atoms with Crippen molar-refractivity contribution in [3.05, 3.63) is 64.1 Å². The molecule has 1 amide bonds. The lowest BCUT2D eigenvalue weighted by molar-refractivity contribution is -0.935. The molecule has 0 spiro atoms. The van der Waals surface area contributed by atoms with E-state index in [1.54, 1.807) is 12.0 Å². The minimum Gasteiger partial charge on any atom is -0.497 e. The van der Waals surface area contributed by atoms with Crippen molar-refractivity contribution < 1.29 is 14.4 Å². The fourth-order valence-corrected chi connectivity index (χ4v) is 3.85. The van der Waals surface area contributed by atoms with Crippen LogP contribution in [0.25, 0.3) is 0 Å². The topological polar surface area (TPSA) is 42.8 Å². The number of piperidine rings is 1. The average molecular weight is 418 g/mol. The van der Waals surface area contributed by atoms with Crippen LogP contribution in [0.15, 0.2) is 53.0 Å². The lowest BCUT2D eigenvalue weighted by atomic mass is 10.0. The van der Waals surface area contributed by atoms with Gasteiger partial charge in [-0.25, -0.2) is 0 Å². The largest absolute Gasteiger partial charge is 0.497 e. The lowest BCUT2D eigenvalue weighted by Crippen LogP contribution is -3.13. The number of rotatable bonds is 6. The summed E-state index contributed by atoms with van der Waals surface area (Å²) in [6.45, 7) is 2.95. The highest BCUT2D eigenvalue weighted by Gasteiger charge is 2.26. The van der Waals surface area contributed by atoms with Gasteiger partial charge in [-0.15, -0.1) is 0 Å². The minimum atomic E-state index is -0.0209. The Morgan fingerprint density at radius 3 is 2.35 bits per heavy atom. The first-order valence-electron chi connectivity index (χ1n) is 9.19. The standard InChI is InChI=1S/C21H25BrN2O2/c1-26-19-11-7-16(8-12-19)20(24-13-3-2-4-14-24)15-23-21(25)17-5-9-18(22)10-6-17/h5-12,20H,2-4,13-15H2,1H3,(H,23,25)/p+1/t20-/m0/s1. The number of halogens is 1. The molecule has 138 valence electrons. The molecule has 2 N–H and O–H groups in total. The van der Waals surface area contributed by atoms with E-state index >= 15 is 0 Å². The van der Waals surface area contributed by atoms with Gasteiger partial charge in [0, 0.05) is 15.6 Å². The van der Waals surface area contributed by atoms with Crippen LogP contribution in [-0.2, 0) is 0 Å². The molecule has 0 bridgehead atoms. The Labute approximate surface area is 163 Å². The van der Waals surface area contributed by atoms with E-state index in [4.69, 9.17) is 4.74 Å². The van der Waals surface area contributed by atoms with Gasteiger partial charge in [-0.2, -0.15) is 0 Å². The van der Waals surface area contributed by atoms with Gasteiger partial charge >= 0.3 is 0 Å². The quantitative estimate of drug-likeness (QED) is 0.758. The first kappa shape index (κ1) is 18.9. The molecule has 2 aromatic rings. The maximum absolute atomic E-state index is 12.5. The number of benzene rings is 2. The summed E-state index contributed by atoms with van der Waals surface area (Å²) < 4.78 is 6.25. The first-order valence-corrected chi connectivity index (χ1v) is 9.99. The van der Waals surface area contributed by atoms with E-state index in [9.17, 15) is 4.79 Å². The zero-order valence-corrected chi connectivity index (χ0v) is 16.7. The molecule has 0 radical (unpaired) electrons. The molecule has 1 saturated heterocycles. The molecular weight excluding hydrogens is 392 g/mol. The van der Waals surface area contributed by atoms with Crippen molar-refractivity contribution in [2.75, 3.05) is 26.7 Å². The molecule has 4 nitrogen and oxygen atoms in total. The van der Waals surface area contributed by atoms with Crippen molar-refractivity contribution in [3.8, 4) is 5.75 Å². The maximum atomic E-state index is 12.5. The molecule has 1 aliphatic heterocycles. The SMILES string of the molecule is COc1ccc([C@H](CNC(=O)c2ccc(Br)cc2)[NH+]2CCCCC2)cc1. The van der Waals surface area contributed by atoms with Crippen LogP contribution in [0.2, 0.25) is 0 Å². The summed E-state index contributed by atoms with van der Waals surface area (Å²) in [4.78, 5) is 14.1. The summed E-state index contributed by atoms with van der Waals surface area (Å²) >= 11 is 3.41. The zero-order chi connectivity index (χ0) is 18.4. The Balaban J connectivity index is 1.72. The molecule has 26 heavy (non-hydrogen) atoms. The molecule has 0 aliphatic carbocycles. The summed E-state index contributed by atoms with van der Waals surface area (Å²) in [7, 11) is 1.68. The van der Waals surface area contributed by atoms with Gasteiger partial charge in [0.15, 0.2) is 0 Å². The molecule has 2 aromatic carbocycles. The van der Waals surface area contributed by atoms with Gasteiger partial charge < -0.3 is 15.0 Å². The van der Waals surface area contributed by atoms with Gasteiger partial charge in [0.2, 0.25) is 0 Å². The van der Waals surface area contributed by atoms with Crippen molar-refractivity contribution in [1.29, 1.82) is 0 Å². The Morgan fingerprint density at radius 1 is 1.08 bits per heavy atom. The number of carbonyl (C=O) groups excluding carboxylic acids is 1. The number of nitrogens with one attached hydrogen (secondary N) is 2. The summed E-state index contributed by atoms with van der Waals surface area (Å²) in [5.41, 5.74) is 1.94. The average Bonchev–Trinajstić information content (AvgIpc) is 2.70. The third kappa shape index (κ3) is 4.86. The number of ether oxygens (including phenoxy) is 1.